The Morgan fingerprint density at radius 1 is 0.903 bits per heavy atom. The highest BCUT2D eigenvalue weighted by molar-refractivity contribution is 5.95. The second kappa shape index (κ2) is 13.1. The summed E-state index contributed by atoms with van der Waals surface area (Å²) in [7, 11) is 0. The molecule has 0 aliphatic carbocycles. The van der Waals surface area contributed by atoms with E-state index in [1.165, 1.54) is 0 Å². The van der Waals surface area contributed by atoms with Gasteiger partial charge in [-0.2, -0.15) is 0 Å². The lowest BCUT2D eigenvalue weighted by molar-refractivity contribution is -0.144. The van der Waals surface area contributed by atoms with E-state index in [0.29, 0.717) is 0 Å². The Kier molecular flexibility index (Phi) is 11.7. The number of carbonyl (C=O) groups excluding carboxylic acids is 4. The van der Waals surface area contributed by atoms with Gasteiger partial charge < -0.3 is 47.8 Å². The van der Waals surface area contributed by atoms with E-state index in [1.807, 2.05) is 16.0 Å². The SMILES string of the molecule is CC(O)C(NC(=O)C(N)CO)C(=O)NC(CC(=O)O)C(=O)NC(CCC(N)=O)C(=O)O. The number of aliphatic hydroxyl groups is 2. The fraction of sp³-hybridized carbons (Fsp3) is 0.625. The number of primary amides is 1. The number of amides is 4. The minimum Gasteiger partial charge on any atom is -0.481 e. The van der Waals surface area contributed by atoms with Crippen LogP contribution >= 0.6 is 0 Å². The Bertz CT molecular complexity index is 698. The second-order valence-corrected chi connectivity index (χ2v) is 6.58. The van der Waals surface area contributed by atoms with Gasteiger partial charge in [0.05, 0.1) is 19.1 Å². The molecule has 176 valence electrons. The standard InChI is InChI=1S/C16H27N5O10/c1-6(23)12(21-13(27)7(17)5-22)15(29)20-9(4-11(25)26)14(28)19-8(16(30)31)2-3-10(18)24/h6-9,12,22-23H,2-5,17H2,1H3,(H2,18,24)(H,19,28)(H,20,29)(H,21,27)(H,25,26)(H,30,31). The lowest BCUT2D eigenvalue weighted by Gasteiger charge is -2.25. The highest BCUT2D eigenvalue weighted by Crippen LogP contribution is 2.03. The first-order valence-corrected chi connectivity index (χ1v) is 8.98. The van der Waals surface area contributed by atoms with E-state index in [9.17, 15) is 33.9 Å². The summed E-state index contributed by atoms with van der Waals surface area (Å²) in [6.45, 7) is 0.359. The smallest absolute Gasteiger partial charge is 0.326 e. The summed E-state index contributed by atoms with van der Waals surface area (Å²) >= 11 is 0. The first-order valence-electron chi connectivity index (χ1n) is 8.98. The number of nitrogens with one attached hydrogen (secondary N) is 3. The molecule has 0 heterocycles. The van der Waals surface area contributed by atoms with E-state index in [0.717, 1.165) is 6.92 Å². The van der Waals surface area contributed by atoms with Gasteiger partial charge in [-0.25, -0.2) is 4.79 Å². The number of aliphatic hydroxyl groups excluding tert-OH is 2. The van der Waals surface area contributed by atoms with Gasteiger partial charge in [0.2, 0.25) is 23.6 Å². The van der Waals surface area contributed by atoms with Crippen molar-refractivity contribution in [2.24, 2.45) is 11.5 Å². The van der Waals surface area contributed by atoms with Crippen LogP contribution in [0.15, 0.2) is 0 Å². The Morgan fingerprint density at radius 3 is 1.87 bits per heavy atom. The number of carboxylic acid groups (broad SMARTS) is 2. The van der Waals surface area contributed by atoms with Gasteiger partial charge in [-0.1, -0.05) is 0 Å². The topological polar surface area (TPSA) is 271 Å². The number of nitrogens with two attached hydrogens (primary N) is 2. The van der Waals surface area contributed by atoms with Crippen LogP contribution in [-0.2, 0) is 28.8 Å². The van der Waals surface area contributed by atoms with Gasteiger partial charge in [-0.05, 0) is 13.3 Å². The van der Waals surface area contributed by atoms with Gasteiger partial charge in [0.1, 0.15) is 24.2 Å². The van der Waals surface area contributed by atoms with E-state index >= 15 is 0 Å². The van der Waals surface area contributed by atoms with Crippen LogP contribution in [0.4, 0.5) is 0 Å². The molecule has 0 bridgehead atoms. The number of carboxylic acids is 2. The van der Waals surface area contributed by atoms with E-state index in [1.54, 1.807) is 0 Å². The molecule has 0 spiro atoms. The Hall–Kier alpha value is -3.30. The van der Waals surface area contributed by atoms with Crippen LogP contribution in [0.1, 0.15) is 26.2 Å². The molecule has 0 rings (SSSR count). The largest absolute Gasteiger partial charge is 0.481 e. The minimum atomic E-state index is -1.79. The van der Waals surface area contributed by atoms with Crippen LogP contribution in [0.25, 0.3) is 0 Å². The van der Waals surface area contributed by atoms with E-state index in [-0.39, 0.29) is 12.8 Å². The fourth-order valence-corrected chi connectivity index (χ4v) is 2.21. The van der Waals surface area contributed by atoms with Crippen LogP contribution in [0.2, 0.25) is 0 Å². The predicted molar refractivity (Wildman–Crippen MR) is 101 cm³/mol. The molecule has 0 aliphatic rings. The molecular formula is C16H27N5O10. The molecule has 0 aromatic rings. The van der Waals surface area contributed by atoms with Crippen molar-refractivity contribution in [2.75, 3.05) is 6.61 Å². The molecular weight excluding hydrogens is 422 g/mol. The van der Waals surface area contributed by atoms with E-state index in [2.05, 4.69) is 0 Å². The van der Waals surface area contributed by atoms with Crippen molar-refractivity contribution < 1.29 is 49.2 Å². The number of hydrogen-bond donors (Lipinski definition) is 9. The van der Waals surface area contributed by atoms with E-state index in [4.69, 9.17) is 26.8 Å². The first kappa shape index (κ1) is 27.7. The summed E-state index contributed by atoms with van der Waals surface area (Å²) in [4.78, 5) is 69.7. The minimum absolute atomic E-state index is 0.379. The molecule has 15 nitrogen and oxygen atoms in total. The highest BCUT2D eigenvalue weighted by atomic mass is 16.4. The van der Waals surface area contributed by atoms with Gasteiger partial charge >= 0.3 is 11.9 Å². The van der Waals surface area contributed by atoms with E-state index < -0.39 is 78.9 Å². The molecule has 0 fully saturated rings. The molecule has 15 heteroatoms. The normalized spacial score (nSPS) is 15.5. The van der Waals surface area contributed by atoms with Gasteiger partial charge in [-0.15, -0.1) is 0 Å². The van der Waals surface area contributed by atoms with Crippen LogP contribution in [0.5, 0.6) is 0 Å². The number of rotatable bonds is 14. The third kappa shape index (κ3) is 10.3. The van der Waals surface area contributed by atoms with Crippen molar-refractivity contribution in [1.82, 2.24) is 16.0 Å². The zero-order valence-electron chi connectivity index (χ0n) is 16.6. The second-order valence-electron chi connectivity index (χ2n) is 6.58. The monoisotopic (exact) mass is 449 g/mol. The van der Waals surface area contributed by atoms with Gasteiger partial charge in [0.15, 0.2) is 0 Å². The molecule has 11 N–H and O–H groups in total. The maximum absolute atomic E-state index is 12.4. The van der Waals surface area contributed by atoms with Crippen LogP contribution < -0.4 is 27.4 Å². The summed E-state index contributed by atoms with van der Waals surface area (Å²) < 4.78 is 0. The molecule has 0 aliphatic heterocycles. The maximum atomic E-state index is 12.4. The average molecular weight is 449 g/mol. The zero-order chi connectivity index (χ0) is 24.3. The van der Waals surface area contributed by atoms with Crippen molar-refractivity contribution in [3.8, 4) is 0 Å². The molecule has 4 amide bonds. The first-order chi connectivity index (χ1) is 14.3. The summed E-state index contributed by atoms with van der Waals surface area (Å²) in [5, 5.41) is 42.8. The number of aliphatic carboxylic acids is 2. The molecule has 0 saturated heterocycles. The quantitative estimate of drug-likeness (QED) is 0.121. The molecule has 0 aromatic carbocycles. The van der Waals surface area contributed by atoms with Crippen molar-refractivity contribution in [3.05, 3.63) is 0 Å². The van der Waals surface area contributed by atoms with Crippen molar-refractivity contribution in [1.29, 1.82) is 0 Å². The zero-order valence-corrected chi connectivity index (χ0v) is 16.6. The number of hydrogen-bond acceptors (Lipinski definition) is 9. The lowest BCUT2D eigenvalue weighted by Crippen LogP contribution is -2.60. The third-order valence-electron chi connectivity index (χ3n) is 3.90. The molecule has 0 saturated carbocycles. The maximum Gasteiger partial charge on any atom is 0.326 e. The van der Waals surface area contributed by atoms with Gasteiger partial charge in [0, 0.05) is 6.42 Å². The number of carbonyl (C=O) groups is 6. The molecule has 0 radical (unpaired) electrons. The summed E-state index contributed by atoms with van der Waals surface area (Å²) in [6.07, 6.45) is -3.23. The highest BCUT2D eigenvalue weighted by Gasteiger charge is 2.33. The Morgan fingerprint density at radius 2 is 1.45 bits per heavy atom. The summed E-state index contributed by atoms with van der Waals surface area (Å²) in [5.74, 6) is -7.24. The molecule has 31 heavy (non-hydrogen) atoms. The van der Waals surface area contributed by atoms with Gasteiger partial charge in [-0.3, -0.25) is 24.0 Å². The molecule has 5 unspecified atom stereocenters. The predicted octanol–water partition coefficient (Wildman–Crippen LogP) is -5.03. The Labute approximate surface area is 176 Å². The summed E-state index contributed by atoms with van der Waals surface area (Å²) in [5.41, 5.74) is 10.2. The molecule has 5 atom stereocenters. The fourth-order valence-electron chi connectivity index (χ4n) is 2.21. The lowest BCUT2D eigenvalue weighted by atomic mass is 10.1. The summed E-state index contributed by atoms with van der Waals surface area (Å²) in [6, 6.07) is -6.46. The average Bonchev–Trinajstić information content (AvgIpc) is 2.66. The Balaban J connectivity index is 5.43. The van der Waals surface area contributed by atoms with Crippen LogP contribution in [0.3, 0.4) is 0 Å². The van der Waals surface area contributed by atoms with Gasteiger partial charge in [0.25, 0.3) is 0 Å². The van der Waals surface area contributed by atoms with Crippen molar-refractivity contribution in [3.63, 3.8) is 0 Å². The molecule has 0 aromatic heterocycles. The van der Waals surface area contributed by atoms with Crippen LogP contribution in [0, 0.1) is 0 Å². The van der Waals surface area contributed by atoms with Crippen molar-refractivity contribution >= 4 is 35.6 Å². The van der Waals surface area contributed by atoms with Crippen molar-refractivity contribution in [2.45, 2.75) is 56.5 Å². The third-order valence-corrected chi connectivity index (χ3v) is 3.90. The van der Waals surface area contributed by atoms with Crippen LogP contribution in [-0.4, -0.2) is 92.9 Å².